The second kappa shape index (κ2) is 5.02. The van der Waals surface area contributed by atoms with E-state index in [1.807, 2.05) is 6.92 Å². The Morgan fingerprint density at radius 1 is 1.50 bits per heavy atom. The van der Waals surface area contributed by atoms with E-state index in [0.717, 1.165) is 17.7 Å². The van der Waals surface area contributed by atoms with Crippen molar-refractivity contribution in [1.29, 1.82) is 0 Å². The Bertz CT molecular complexity index is 523. The van der Waals surface area contributed by atoms with Crippen molar-refractivity contribution in [2.75, 3.05) is 12.4 Å². The Morgan fingerprint density at radius 3 is 2.89 bits per heavy atom. The Balaban J connectivity index is 2.23. The maximum Gasteiger partial charge on any atom is 0.262 e. The van der Waals surface area contributed by atoms with Gasteiger partial charge in [-0.2, -0.15) is 0 Å². The van der Waals surface area contributed by atoms with E-state index in [1.165, 1.54) is 11.1 Å². The number of hydrogen-bond donors (Lipinski definition) is 2. The summed E-state index contributed by atoms with van der Waals surface area (Å²) in [6, 6.07) is 6.43. The largest absolute Gasteiger partial charge is 0.378 e. The molecule has 0 radical (unpaired) electrons. The Morgan fingerprint density at radius 2 is 2.22 bits per heavy atom. The third kappa shape index (κ3) is 2.36. The van der Waals surface area contributed by atoms with E-state index in [2.05, 4.69) is 35.8 Å². The van der Waals surface area contributed by atoms with E-state index < -0.39 is 0 Å². The topological polar surface area (TPSA) is 41.1 Å². The van der Waals surface area contributed by atoms with Gasteiger partial charge in [0.25, 0.3) is 5.91 Å². The number of rotatable bonds is 2. The maximum atomic E-state index is 11.5. The zero-order valence-electron chi connectivity index (χ0n) is 10.8. The molecule has 2 rings (SSSR count). The van der Waals surface area contributed by atoms with Crippen molar-refractivity contribution in [3.05, 3.63) is 39.9 Å². The molecule has 1 atom stereocenters. The van der Waals surface area contributed by atoms with Gasteiger partial charge in [-0.25, -0.2) is 0 Å². The Kier molecular flexibility index (Phi) is 3.62. The average Bonchev–Trinajstić information content (AvgIpc) is 2.78. The van der Waals surface area contributed by atoms with Gasteiger partial charge in [-0.05, 0) is 37.5 Å². The summed E-state index contributed by atoms with van der Waals surface area (Å²) in [4.78, 5) is 11.5. The molecule has 1 aliphatic heterocycles. The first-order chi connectivity index (χ1) is 8.52. The van der Waals surface area contributed by atoms with Crippen LogP contribution in [0.3, 0.4) is 0 Å². The van der Waals surface area contributed by atoms with Crippen LogP contribution in [0.25, 0.3) is 0 Å². The molecule has 18 heavy (non-hydrogen) atoms. The highest BCUT2D eigenvalue weighted by Gasteiger charge is 2.24. The fourth-order valence-corrected chi connectivity index (χ4v) is 2.42. The second-order valence-corrected chi connectivity index (χ2v) is 5.02. The number of halogens is 1. The van der Waals surface area contributed by atoms with E-state index in [0.29, 0.717) is 0 Å². The summed E-state index contributed by atoms with van der Waals surface area (Å²) in [5.74, 6) is -0.233. The summed E-state index contributed by atoms with van der Waals surface area (Å²) in [5, 5.41) is 6.22. The smallest absolute Gasteiger partial charge is 0.262 e. The van der Waals surface area contributed by atoms with Gasteiger partial charge in [0, 0.05) is 12.7 Å². The Hall–Kier alpha value is -1.48. The molecule has 0 fully saturated rings. The summed E-state index contributed by atoms with van der Waals surface area (Å²) in [7, 11) is 1.58. The van der Waals surface area contributed by atoms with Crippen LogP contribution in [0.15, 0.2) is 28.8 Å². The zero-order valence-corrected chi connectivity index (χ0v) is 11.6. The Labute approximate surface area is 112 Å². The van der Waals surface area contributed by atoms with Crippen molar-refractivity contribution in [2.45, 2.75) is 26.3 Å². The van der Waals surface area contributed by atoms with Gasteiger partial charge < -0.3 is 10.6 Å². The van der Waals surface area contributed by atoms with E-state index in [4.69, 9.17) is 11.6 Å². The van der Waals surface area contributed by atoms with Gasteiger partial charge in [0.1, 0.15) is 5.03 Å². The first-order valence-electron chi connectivity index (χ1n) is 5.97. The first kappa shape index (κ1) is 13.0. The molecule has 96 valence electrons. The molecule has 0 spiro atoms. The molecular formula is C14H17ClN2O. The summed E-state index contributed by atoms with van der Waals surface area (Å²) in [5.41, 5.74) is 4.53. The standard InChI is InChI=1S/C14H17ClN2O/c1-8-4-5-11-10(6-8)7-12(17-11)9(2)13(15)14(18)16-3/h4-6,12,17H,7H2,1-3H3,(H,16,18)/b13-9-/t12-/m1/s1. The quantitative estimate of drug-likeness (QED) is 0.806. The van der Waals surface area contributed by atoms with Crippen molar-refractivity contribution in [1.82, 2.24) is 5.32 Å². The number of likely N-dealkylation sites (N-methyl/N-ethyl adjacent to an activating group) is 1. The fourth-order valence-electron chi connectivity index (χ4n) is 2.19. The normalized spacial score (nSPS) is 18.8. The molecule has 0 aromatic heterocycles. The molecule has 1 aliphatic rings. The lowest BCUT2D eigenvalue weighted by atomic mass is 10.0. The average molecular weight is 265 g/mol. The summed E-state index contributed by atoms with van der Waals surface area (Å²) in [6.07, 6.45) is 0.871. The second-order valence-electron chi connectivity index (χ2n) is 4.64. The fraction of sp³-hybridized carbons (Fsp3) is 0.357. The minimum atomic E-state index is -0.233. The van der Waals surface area contributed by atoms with E-state index >= 15 is 0 Å². The highest BCUT2D eigenvalue weighted by molar-refractivity contribution is 6.42. The van der Waals surface area contributed by atoms with Crippen LogP contribution in [0.2, 0.25) is 0 Å². The molecule has 1 aromatic carbocycles. The molecule has 1 aromatic rings. The molecule has 0 bridgehead atoms. The van der Waals surface area contributed by atoms with Crippen LogP contribution < -0.4 is 10.6 Å². The van der Waals surface area contributed by atoms with Gasteiger partial charge in [0.2, 0.25) is 0 Å². The maximum absolute atomic E-state index is 11.5. The molecule has 4 heteroatoms. The van der Waals surface area contributed by atoms with Crippen molar-refractivity contribution in [3.8, 4) is 0 Å². The lowest BCUT2D eigenvalue weighted by Crippen LogP contribution is -2.24. The van der Waals surface area contributed by atoms with Gasteiger partial charge in [0.15, 0.2) is 0 Å². The van der Waals surface area contributed by atoms with Gasteiger partial charge in [-0.3, -0.25) is 4.79 Å². The molecule has 1 amide bonds. The molecule has 0 saturated heterocycles. The van der Waals surface area contributed by atoms with Gasteiger partial charge in [-0.15, -0.1) is 0 Å². The van der Waals surface area contributed by atoms with Crippen LogP contribution in [0.5, 0.6) is 0 Å². The SMILES string of the molecule is CNC(=O)/C(Cl)=C(\C)[C@H]1Cc2cc(C)ccc2N1. The van der Waals surface area contributed by atoms with E-state index in [1.54, 1.807) is 7.05 Å². The predicted molar refractivity (Wildman–Crippen MR) is 74.9 cm³/mol. The number of anilines is 1. The molecule has 0 aliphatic carbocycles. The predicted octanol–water partition coefficient (Wildman–Crippen LogP) is 2.59. The van der Waals surface area contributed by atoms with Gasteiger partial charge in [-0.1, -0.05) is 29.3 Å². The summed E-state index contributed by atoms with van der Waals surface area (Å²) in [6.45, 7) is 3.97. The molecule has 0 saturated carbocycles. The molecule has 3 nitrogen and oxygen atoms in total. The number of amides is 1. The molecule has 1 heterocycles. The lowest BCUT2D eigenvalue weighted by Gasteiger charge is -2.13. The lowest BCUT2D eigenvalue weighted by molar-refractivity contribution is -0.116. The molecule has 2 N–H and O–H groups in total. The highest BCUT2D eigenvalue weighted by Crippen LogP contribution is 2.31. The van der Waals surface area contributed by atoms with E-state index in [9.17, 15) is 4.79 Å². The van der Waals surface area contributed by atoms with Crippen molar-refractivity contribution in [2.24, 2.45) is 0 Å². The van der Waals surface area contributed by atoms with Crippen LogP contribution in [-0.4, -0.2) is 19.0 Å². The number of carbonyl (C=O) groups is 1. The van der Waals surface area contributed by atoms with Crippen LogP contribution in [0.4, 0.5) is 5.69 Å². The molecular weight excluding hydrogens is 248 g/mol. The van der Waals surface area contributed by atoms with Crippen LogP contribution >= 0.6 is 11.6 Å². The van der Waals surface area contributed by atoms with Crippen molar-refractivity contribution >= 4 is 23.2 Å². The number of benzene rings is 1. The zero-order chi connectivity index (χ0) is 13.3. The highest BCUT2D eigenvalue weighted by atomic mass is 35.5. The molecule has 0 unspecified atom stereocenters. The van der Waals surface area contributed by atoms with Crippen LogP contribution in [-0.2, 0) is 11.2 Å². The number of aryl methyl sites for hydroxylation is 1. The first-order valence-corrected chi connectivity index (χ1v) is 6.35. The van der Waals surface area contributed by atoms with Gasteiger partial charge in [0.05, 0.1) is 6.04 Å². The van der Waals surface area contributed by atoms with Crippen LogP contribution in [0, 0.1) is 6.92 Å². The van der Waals surface area contributed by atoms with Gasteiger partial charge >= 0.3 is 0 Å². The van der Waals surface area contributed by atoms with E-state index in [-0.39, 0.29) is 17.0 Å². The summed E-state index contributed by atoms with van der Waals surface area (Å²) < 4.78 is 0. The number of hydrogen-bond acceptors (Lipinski definition) is 2. The minimum absolute atomic E-state index is 0.103. The van der Waals surface area contributed by atoms with Crippen LogP contribution in [0.1, 0.15) is 18.1 Å². The third-order valence-corrected chi connectivity index (χ3v) is 3.78. The number of carbonyl (C=O) groups excluding carboxylic acids is 1. The third-order valence-electron chi connectivity index (χ3n) is 3.31. The number of nitrogens with one attached hydrogen (secondary N) is 2. The minimum Gasteiger partial charge on any atom is -0.378 e. The van der Waals surface area contributed by atoms with Crippen molar-refractivity contribution < 1.29 is 4.79 Å². The monoisotopic (exact) mass is 264 g/mol. The van der Waals surface area contributed by atoms with Crippen molar-refractivity contribution in [3.63, 3.8) is 0 Å². The number of fused-ring (bicyclic) bond motifs is 1. The summed E-state index contributed by atoms with van der Waals surface area (Å²) >= 11 is 6.06.